The maximum Gasteiger partial charge on any atom is 0.258 e. The Morgan fingerprint density at radius 2 is 1.88 bits per heavy atom. The summed E-state index contributed by atoms with van der Waals surface area (Å²) in [4.78, 5) is 24.4. The third kappa shape index (κ3) is 4.36. The lowest BCUT2D eigenvalue weighted by Gasteiger charge is -2.07. The van der Waals surface area contributed by atoms with Crippen LogP contribution in [0.5, 0.6) is 0 Å². The fourth-order valence-corrected chi connectivity index (χ4v) is 2.09. The largest absolute Gasteiger partial charge is 0.350 e. The zero-order chi connectivity index (χ0) is 17.5. The van der Waals surface area contributed by atoms with Crippen LogP contribution in [0.1, 0.15) is 21.5 Å². The summed E-state index contributed by atoms with van der Waals surface area (Å²) in [5, 5.41) is 14.7. The molecule has 3 rings (SSSR count). The first-order valence-electron chi connectivity index (χ1n) is 7.51. The Morgan fingerprint density at radius 1 is 1.12 bits per heavy atom. The molecule has 0 aliphatic heterocycles. The molecule has 0 radical (unpaired) electrons. The molecule has 2 N–H and O–H groups in total. The van der Waals surface area contributed by atoms with Gasteiger partial charge in [0, 0.05) is 37.0 Å². The molecule has 0 saturated carbocycles. The third-order valence-electron chi connectivity index (χ3n) is 3.36. The molecule has 0 bridgehead atoms. The summed E-state index contributed by atoms with van der Waals surface area (Å²) in [6, 6.07) is 12.5. The lowest BCUT2D eigenvalue weighted by Crippen LogP contribution is -2.13. The average Bonchev–Trinajstić information content (AvgIpc) is 2.67. The molecule has 0 fully saturated rings. The topological polar surface area (TPSA) is 104 Å². The standard InChI is InChI=1S/C18H14N6O/c19-9-14-2-1-3-16(8-14)24-17(25)15-11-22-18(23-12-15)21-10-13-4-6-20-7-5-13/h1-8,11-12H,10H2,(H,24,25)(H,21,22,23). The quantitative estimate of drug-likeness (QED) is 0.745. The Morgan fingerprint density at radius 3 is 2.60 bits per heavy atom. The smallest absolute Gasteiger partial charge is 0.258 e. The van der Waals surface area contributed by atoms with Crippen molar-refractivity contribution in [2.24, 2.45) is 0 Å². The molecule has 0 aliphatic rings. The van der Waals surface area contributed by atoms with Gasteiger partial charge in [0.2, 0.25) is 5.95 Å². The number of aromatic nitrogens is 3. The van der Waals surface area contributed by atoms with Crippen molar-refractivity contribution in [1.29, 1.82) is 5.26 Å². The van der Waals surface area contributed by atoms with Gasteiger partial charge >= 0.3 is 0 Å². The van der Waals surface area contributed by atoms with E-state index in [9.17, 15) is 4.79 Å². The number of hydrogen-bond acceptors (Lipinski definition) is 6. The van der Waals surface area contributed by atoms with E-state index in [4.69, 9.17) is 5.26 Å². The molecule has 0 spiro atoms. The number of nitriles is 1. The monoisotopic (exact) mass is 330 g/mol. The van der Waals surface area contributed by atoms with Crippen LogP contribution < -0.4 is 10.6 Å². The van der Waals surface area contributed by atoms with Crippen LogP contribution in [0.25, 0.3) is 0 Å². The number of pyridine rings is 1. The highest BCUT2D eigenvalue weighted by molar-refractivity contribution is 6.03. The fourth-order valence-electron chi connectivity index (χ4n) is 2.09. The van der Waals surface area contributed by atoms with Gasteiger partial charge in [-0.05, 0) is 35.9 Å². The molecule has 0 aliphatic carbocycles. The molecule has 1 amide bonds. The number of rotatable bonds is 5. The van der Waals surface area contributed by atoms with Gasteiger partial charge in [-0.1, -0.05) is 6.07 Å². The van der Waals surface area contributed by atoms with Gasteiger partial charge in [-0.2, -0.15) is 5.26 Å². The van der Waals surface area contributed by atoms with Crippen molar-refractivity contribution in [2.75, 3.05) is 10.6 Å². The fraction of sp³-hybridized carbons (Fsp3) is 0.0556. The van der Waals surface area contributed by atoms with Crippen molar-refractivity contribution in [1.82, 2.24) is 15.0 Å². The average molecular weight is 330 g/mol. The second kappa shape index (κ2) is 7.66. The normalized spacial score (nSPS) is 9.88. The van der Waals surface area contributed by atoms with Gasteiger partial charge < -0.3 is 10.6 Å². The Labute approximate surface area is 144 Å². The summed E-state index contributed by atoms with van der Waals surface area (Å²) < 4.78 is 0. The number of amides is 1. The molecule has 2 heterocycles. The van der Waals surface area contributed by atoms with Crippen molar-refractivity contribution >= 4 is 17.5 Å². The van der Waals surface area contributed by atoms with Crippen LogP contribution in [0.15, 0.2) is 61.2 Å². The minimum atomic E-state index is -0.337. The van der Waals surface area contributed by atoms with E-state index in [2.05, 4.69) is 25.6 Å². The van der Waals surface area contributed by atoms with Crippen LogP contribution in [0.3, 0.4) is 0 Å². The number of benzene rings is 1. The van der Waals surface area contributed by atoms with E-state index in [0.717, 1.165) is 5.56 Å². The molecular formula is C18H14N6O. The summed E-state index contributed by atoms with van der Waals surface area (Å²) in [5.74, 6) is 0.0932. The van der Waals surface area contributed by atoms with E-state index in [-0.39, 0.29) is 5.91 Å². The van der Waals surface area contributed by atoms with Crippen molar-refractivity contribution in [3.8, 4) is 6.07 Å². The molecule has 7 heteroatoms. The first kappa shape index (κ1) is 16.1. The second-order valence-electron chi connectivity index (χ2n) is 5.15. The Kier molecular flexibility index (Phi) is 4.93. The second-order valence-corrected chi connectivity index (χ2v) is 5.15. The zero-order valence-corrected chi connectivity index (χ0v) is 13.2. The van der Waals surface area contributed by atoms with Gasteiger partial charge in [-0.25, -0.2) is 9.97 Å². The summed E-state index contributed by atoms with van der Waals surface area (Å²) in [6.45, 7) is 0.564. The van der Waals surface area contributed by atoms with Crippen LogP contribution in [0.4, 0.5) is 11.6 Å². The minimum absolute atomic E-state index is 0.330. The van der Waals surface area contributed by atoms with E-state index >= 15 is 0 Å². The lowest BCUT2D eigenvalue weighted by molar-refractivity contribution is 0.102. The number of hydrogen-bond donors (Lipinski definition) is 2. The summed E-state index contributed by atoms with van der Waals surface area (Å²) in [6.07, 6.45) is 6.33. The highest BCUT2D eigenvalue weighted by Gasteiger charge is 2.08. The molecule has 122 valence electrons. The molecule has 2 aromatic heterocycles. The predicted octanol–water partition coefficient (Wildman–Crippen LogP) is 2.61. The summed E-state index contributed by atoms with van der Waals surface area (Å²) >= 11 is 0. The Hall–Kier alpha value is -3.79. The molecule has 7 nitrogen and oxygen atoms in total. The van der Waals surface area contributed by atoms with Crippen LogP contribution >= 0.6 is 0 Å². The van der Waals surface area contributed by atoms with Gasteiger partial charge in [0.1, 0.15) is 0 Å². The van der Waals surface area contributed by atoms with E-state index in [1.54, 1.807) is 36.7 Å². The highest BCUT2D eigenvalue weighted by Crippen LogP contribution is 2.12. The van der Waals surface area contributed by atoms with Gasteiger partial charge in [0.25, 0.3) is 5.91 Å². The van der Waals surface area contributed by atoms with E-state index < -0.39 is 0 Å². The van der Waals surface area contributed by atoms with Gasteiger partial charge in [-0.15, -0.1) is 0 Å². The number of nitrogens with one attached hydrogen (secondary N) is 2. The molecule has 0 atom stereocenters. The van der Waals surface area contributed by atoms with Crippen LogP contribution in [0.2, 0.25) is 0 Å². The predicted molar refractivity (Wildman–Crippen MR) is 92.7 cm³/mol. The van der Waals surface area contributed by atoms with Crippen LogP contribution in [0, 0.1) is 11.3 Å². The van der Waals surface area contributed by atoms with E-state index in [1.807, 2.05) is 18.2 Å². The zero-order valence-electron chi connectivity index (χ0n) is 13.2. The number of carbonyl (C=O) groups is 1. The molecule has 3 aromatic rings. The molecule has 25 heavy (non-hydrogen) atoms. The molecule has 1 aromatic carbocycles. The van der Waals surface area contributed by atoms with Crippen LogP contribution in [-0.2, 0) is 6.54 Å². The van der Waals surface area contributed by atoms with E-state index in [1.165, 1.54) is 12.4 Å². The SMILES string of the molecule is N#Cc1cccc(NC(=O)c2cnc(NCc3ccncc3)nc2)c1. The Balaban J connectivity index is 1.61. The van der Waals surface area contributed by atoms with Crippen molar-refractivity contribution in [2.45, 2.75) is 6.54 Å². The molecular weight excluding hydrogens is 316 g/mol. The first-order chi connectivity index (χ1) is 12.2. The first-order valence-corrected chi connectivity index (χ1v) is 7.51. The number of nitrogens with zero attached hydrogens (tertiary/aromatic N) is 4. The van der Waals surface area contributed by atoms with Crippen molar-refractivity contribution < 1.29 is 4.79 Å². The summed E-state index contributed by atoms with van der Waals surface area (Å²) in [7, 11) is 0. The molecule has 0 unspecified atom stereocenters. The summed E-state index contributed by atoms with van der Waals surface area (Å²) in [5.41, 5.74) is 2.41. The Bertz CT molecular complexity index is 903. The number of anilines is 2. The van der Waals surface area contributed by atoms with Gasteiger partial charge in [-0.3, -0.25) is 9.78 Å². The van der Waals surface area contributed by atoms with Crippen molar-refractivity contribution in [3.63, 3.8) is 0 Å². The maximum absolute atomic E-state index is 12.2. The van der Waals surface area contributed by atoms with E-state index in [0.29, 0.717) is 29.3 Å². The van der Waals surface area contributed by atoms with Crippen molar-refractivity contribution in [3.05, 3.63) is 77.9 Å². The maximum atomic E-state index is 12.2. The van der Waals surface area contributed by atoms with Crippen LogP contribution in [-0.4, -0.2) is 20.9 Å². The molecule has 0 saturated heterocycles. The highest BCUT2D eigenvalue weighted by atomic mass is 16.1. The van der Waals surface area contributed by atoms with Gasteiger partial charge in [0.05, 0.1) is 17.2 Å². The number of carbonyl (C=O) groups excluding carboxylic acids is 1. The lowest BCUT2D eigenvalue weighted by atomic mass is 10.2. The third-order valence-corrected chi connectivity index (χ3v) is 3.36. The van der Waals surface area contributed by atoms with Gasteiger partial charge in [0.15, 0.2) is 0 Å². The minimum Gasteiger partial charge on any atom is -0.350 e.